The highest BCUT2D eigenvalue weighted by molar-refractivity contribution is 7.94. The summed E-state index contributed by atoms with van der Waals surface area (Å²) in [4.78, 5) is 4.29. The molecule has 1 unspecified atom stereocenters. The van der Waals surface area contributed by atoms with Crippen molar-refractivity contribution in [1.29, 1.82) is 0 Å². The molecule has 2 rings (SSSR count). The van der Waals surface area contributed by atoms with Gasteiger partial charge in [0.15, 0.2) is 9.84 Å². The van der Waals surface area contributed by atoms with Crippen LogP contribution < -0.4 is 5.32 Å². The van der Waals surface area contributed by atoms with Crippen LogP contribution in [0.4, 0.5) is 0 Å². The maximum atomic E-state index is 11.1. The Balaban J connectivity index is 1.88. The summed E-state index contributed by atoms with van der Waals surface area (Å²) in [7, 11) is -2.95. The van der Waals surface area contributed by atoms with Crippen molar-refractivity contribution in [3.63, 3.8) is 0 Å². The van der Waals surface area contributed by atoms with E-state index in [-0.39, 0.29) is 11.8 Å². The second kappa shape index (κ2) is 4.03. The molecule has 4 nitrogen and oxygen atoms in total. The fraction of sp³-hybridized carbons (Fsp3) is 0.444. The second-order valence-electron chi connectivity index (χ2n) is 3.53. The summed E-state index contributed by atoms with van der Waals surface area (Å²) in [6.45, 7) is 2.57. The Kier molecular flexibility index (Phi) is 2.90. The van der Waals surface area contributed by atoms with Crippen LogP contribution in [-0.2, 0) is 16.4 Å². The predicted octanol–water partition coefficient (Wildman–Crippen LogP) is 0.852. The van der Waals surface area contributed by atoms with Gasteiger partial charge in [-0.25, -0.2) is 13.4 Å². The standard InChI is InChI=1S/C9H12N2O2S2/c1-7-5-14-9(11-7)4-10-8-2-3-15(12,13)6-8/h2-3,5,8,10H,4,6H2,1H3. The zero-order valence-corrected chi connectivity index (χ0v) is 9.94. The van der Waals surface area contributed by atoms with Crippen molar-refractivity contribution in [1.82, 2.24) is 10.3 Å². The lowest BCUT2D eigenvalue weighted by molar-refractivity contribution is 0.590. The molecule has 6 heteroatoms. The zero-order chi connectivity index (χ0) is 10.9. The molecule has 0 spiro atoms. The maximum absolute atomic E-state index is 11.1. The Morgan fingerprint density at radius 1 is 1.67 bits per heavy atom. The largest absolute Gasteiger partial charge is 0.303 e. The van der Waals surface area contributed by atoms with Crippen molar-refractivity contribution in [3.05, 3.63) is 27.6 Å². The van der Waals surface area contributed by atoms with Crippen molar-refractivity contribution in [3.8, 4) is 0 Å². The van der Waals surface area contributed by atoms with Gasteiger partial charge < -0.3 is 5.32 Å². The van der Waals surface area contributed by atoms with Gasteiger partial charge in [0, 0.05) is 29.1 Å². The molecule has 0 bridgehead atoms. The molecule has 1 aromatic rings. The number of aromatic nitrogens is 1. The number of nitrogens with one attached hydrogen (secondary N) is 1. The highest BCUT2D eigenvalue weighted by Crippen LogP contribution is 2.11. The summed E-state index contributed by atoms with van der Waals surface area (Å²) in [6.07, 6.45) is 1.69. The molecule has 0 saturated heterocycles. The molecule has 1 aliphatic heterocycles. The number of aryl methyl sites for hydroxylation is 1. The lowest BCUT2D eigenvalue weighted by Crippen LogP contribution is -2.29. The van der Waals surface area contributed by atoms with Crippen molar-refractivity contribution >= 4 is 21.2 Å². The molecule has 0 fully saturated rings. The minimum Gasteiger partial charge on any atom is -0.303 e. The minimum atomic E-state index is -2.95. The van der Waals surface area contributed by atoms with Gasteiger partial charge in [-0.15, -0.1) is 11.3 Å². The first kappa shape index (κ1) is 10.8. The van der Waals surface area contributed by atoms with Crippen LogP contribution in [0.5, 0.6) is 0 Å². The molecule has 15 heavy (non-hydrogen) atoms. The Labute approximate surface area is 93.0 Å². The molecule has 0 saturated carbocycles. The lowest BCUT2D eigenvalue weighted by Gasteiger charge is -2.07. The average molecular weight is 244 g/mol. The van der Waals surface area contributed by atoms with Crippen LogP contribution in [0, 0.1) is 6.92 Å². The van der Waals surface area contributed by atoms with Crippen LogP contribution in [0.2, 0.25) is 0 Å². The van der Waals surface area contributed by atoms with Gasteiger partial charge in [-0.3, -0.25) is 0 Å². The number of hydrogen-bond acceptors (Lipinski definition) is 5. The normalized spacial score (nSPS) is 23.4. The van der Waals surface area contributed by atoms with E-state index in [0.29, 0.717) is 6.54 Å². The van der Waals surface area contributed by atoms with Crippen LogP contribution in [0.25, 0.3) is 0 Å². The Morgan fingerprint density at radius 2 is 2.47 bits per heavy atom. The number of hydrogen-bond donors (Lipinski definition) is 1. The third-order valence-electron chi connectivity index (χ3n) is 2.11. The summed E-state index contributed by atoms with van der Waals surface area (Å²) in [5, 5.41) is 7.40. The smallest absolute Gasteiger partial charge is 0.173 e. The summed E-state index contributed by atoms with van der Waals surface area (Å²) in [5.41, 5.74) is 1.01. The molecule has 1 aromatic heterocycles. The molecule has 2 heterocycles. The number of thiazole rings is 1. The second-order valence-corrected chi connectivity index (χ2v) is 6.40. The molecule has 0 radical (unpaired) electrons. The number of sulfone groups is 1. The molecule has 82 valence electrons. The molecule has 0 amide bonds. The van der Waals surface area contributed by atoms with Crippen LogP contribution >= 0.6 is 11.3 Å². The summed E-state index contributed by atoms with van der Waals surface area (Å²) < 4.78 is 22.2. The van der Waals surface area contributed by atoms with Crippen LogP contribution in [0.3, 0.4) is 0 Å². The Morgan fingerprint density at radius 3 is 3.00 bits per heavy atom. The fourth-order valence-electron chi connectivity index (χ4n) is 1.41. The summed E-state index contributed by atoms with van der Waals surface area (Å²) >= 11 is 1.59. The van der Waals surface area contributed by atoms with Crippen molar-refractivity contribution < 1.29 is 8.42 Å². The van der Waals surface area contributed by atoms with Gasteiger partial charge >= 0.3 is 0 Å². The molecule has 1 N–H and O–H groups in total. The molecular weight excluding hydrogens is 232 g/mol. The van der Waals surface area contributed by atoms with Crippen LogP contribution in [0.15, 0.2) is 16.9 Å². The van der Waals surface area contributed by atoms with E-state index in [1.165, 1.54) is 5.41 Å². The molecule has 1 atom stereocenters. The third kappa shape index (κ3) is 2.87. The zero-order valence-electron chi connectivity index (χ0n) is 8.30. The van der Waals surface area contributed by atoms with Gasteiger partial charge in [0.25, 0.3) is 0 Å². The third-order valence-corrected chi connectivity index (χ3v) is 4.47. The highest BCUT2D eigenvalue weighted by atomic mass is 32.2. The van der Waals surface area contributed by atoms with Crippen LogP contribution in [0.1, 0.15) is 10.7 Å². The van der Waals surface area contributed by atoms with Gasteiger partial charge in [0.2, 0.25) is 0 Å². The average Bonchev–Trinajstić information content (AvgIpc) is 2.69. The lowest BCUT2D eigenvalue weighted by atomic mass is 10.3. The quantitative estimate of drug-likeness (QED) is 0.856. The number of nitrogens with zero attached hydrogens (tertiary/aromatic N) is 1. The van der Waals surface area contributed by atoms with Crippen molar-refractivity contribution in [2.24, 2.45) is 0 Å². The van der Waals surface area contributed by atoms with E-state index in [1.54, 1.807) is 17.4 Å². The van der Waals surface area contributed by atoms with Gasteiger partial charge in [0.05, 0.1) is 5.75 Å². The van der Waals surface area contributed by atoms with E-state index in [2.05, 4.69) is 10.3 Å². The first-order valence-electron chi connectivity index (χ1n) is 4.60. The van der Waals surface area contributed by atoms with Gasteiger partial charge in [-0.1, -0.05) is 6.08 Å². The van der Waals surface area contributed by atoms with Crippen molar-refractivity contribution in [2.45, 2.75) is 19.5 Å². The molecule has 0 aromatic carbocycles. The molecule has 1 aliphatic rings. The first-order valence-corrected chi connectivity index (χ1v) is 7.20. The Bertz CT molecular complexity index is 476. The van der Waals surface area contributed by atoms with E-state index < -0.39 is 9.84 Å². The van der Waals surface area contributed by atoms with E-state index in [4.69, 9.17) is 0 Å². The van der Waals surface area contributed by atoms with E-state index in [1.807, 2.05) is 12.3 Å². The van der Waals surface area contributed by atoms with Gasteiger partial charge in [0.1, 0.15) is 5.01 Å². The fourth-order valence-corrected chi connectivity index (χ4v) is 3.40. The van der Waals surface area contributed by atoms with E-state index >= 15 is 0 Å². The van der Waals surface area contributed by atoms with E-state index in [9.17, 15) is 8.42 Å². The summed E-state index contributed by atoms with van der Waals surface area (Å²) in [5.74, 6) is 0.164. The topological polar surface area (TPSA) is 59.1 Å². The highest BCUT2D eigenvalue weighted by Gasteiger charge is 2.20. The number of rotatable bonds is 3. The summed E-state index contributed by atoms with van der Waals surface area (Å²) in [6, 6.07) is -0.0702. The van der Waals surface area contributed by atoms with Gasteiger partial charge in [-0.2, -0.15) is 0 Å². The van der Waals surface area contributed by atoms with Crippen molar-refractivity contribution in [2.75, 3.05) is 5.75 Å². The van der Waals surface area contributed by atoms with Gasteiger partial charge in [-0.05, 0) is 6.92 Å². The first-order chi connectivity index (χ1) is 7.05. The SMILES string of the molecule is Cc1csc(CNC2C=CS(=O)(=O)C2)n1. The van der Waals surface area contributed by atoms with E-state index in [0.717, 1.165) is 10.7 Å². The molecular formula is C9H12N2O2S2. The Hall–Kier alpha value is -0.720. The minimum absolute atomic E-state index is 0.0702. The molecule has 0 aliphatic carbocycles. The monoisotopic (exact) mass is 244 g/mol. The maximum Gasteiger partial charge on any atom is 0.173 e. The predicted molar refractivity (Wildman–Crippen MR) is 60.4 cm³/mol. The van der Waals surface area contributed by atoms with Crippen LogP contribution in [-0.4, -0.2) is 25.2 Å².